The minimum absolute atomic E-state index is 0.292. The van der Waals surface area contributed by atoms with Crippen molar-refractivity contribution in [2.75, 3.05) is 13.2 Å². The number of hydrogen-bond donors (Lipinski definition) is 0. The maximum Gasteiger partial charge on any atom is 0.338 e. The van der Waals surface area contributed by atoms with Crippen LogP contribution in [0.4, 0.5) is 0 Å². The van der Waals surface area contributed by atoms with Crippen molar-refractivity contribution < 1.29 is 19.1 Å². The predicted octanol–water partition coefficient (Wildman–Crippen LogP) is 5.00. The Balaban J connectivity index is 1.57. The van der Waals surface area contributed by atoms with Crippen molar-refractivity contribution in [1.82, 2.24) is 0 Å². The number of unbranched alkanes of at least 4 members (excludes halogenated alkanes) is 2. The quantitative estimate of drug-likeness (QED) is 0.438. The van der Waals surface area contributed by atoms with Crippen molar-refractivity contribution in [2.45, 2.75) is 46.0 Å². The van der Waals surface area contributed by atoms with E-state index in [2.05, 4.69) is 13.8 Å². The molecule has 0 aromatic heterocycles. The summed E-state index contributed by atoms with van der Waals surface area (Å²) in [4.78, 5) is 23.9. The van der Waals surface area contributed by atoms with E-state index < -0.39 is 0 Å². The first-order valence-electron chi connectivity index (χ1n) is 9.66. The van der Waals surface area contributed by atoms with Crippen LogP contribution in [0.2, 0.25) is 0 Å². The average Bonchev–Trinajstić information content (AvgIpc) is 2.72. The van der Waals surface area contributed by atoms with Gasteiger partial charge < -0.3 is 9.47 Å². The van der Waals surface area contributed by atoms with Crippen LogP contribution in [0.3, 0.4) is 0 Å². The van der Waals surface area contributed by atoms with Crippen molar-refractivity contribution in [3.05, 3.63) is 70.8 Å². The zero-order valence-electron chi connectivity index (χ0n) is 16.2. The number of carbonyl (C=O) groups excluding carboxylic acids is 2. The van der Waals surface area contributed by atoms with Gasteiger partial charge in [-0.1, -0.05) is 38.1 Å². The van der Waals surface area contributed by atoms with E-state index in [0.717, 1.165) is 32.1 Å². The molecule has 0 atom stereocenters. The molecule has 0 fully saturated rings. The molecule has 0 radical (unpaired) electrons. The molecule has 0 aliphatic heterocycles. The van der Waals surface area contributed by atoms with E-state index in [1.807, 2.05) is 24.3 Å². The largest absolute Gasteiger partial charge is 0.462 e. The van der Waals surface area contributed by atoms with Gasteiger partial charge in [-0.15, -0.1) is 0 Å². The Hall–Kier alpha value is -2.62. The van der Waals surface area contributed by atoms with Crippen molar-refractivity contribution in [3.63, 3.8) is 0 Å². The molecule has 0 unspecified atom stereocenters. The van der Waals surface area contributed by atoms with Gasteiger partial charge in [0.2, 0.25) is 0 Å². The third-order valence-corrected chi connectivity index (χ3v) is 4.45. The fourth-order valence-corrected chi connectivity index (χ4v) is 2.63. The molecular formula is C23H28O4. The van der Waals surface area contributed by atoms with Crippen LogP contribution in [0.15, 0.2) is 48.5 Å². The molecule has 4 heteroatoms. The van der Waals surface area contributed by atoms with Crippen LogP contribution in [0, 0.1) is 0 Å². The minimum Gasteiger partial charge on any atom is -0.462 e. The zero-order valence-corrected chi connectivity index (χ0v) is 16.2. The molecule has 4 nitrogen and oxygen atoms in total. The number of esters is 2. The smallest absolute Gasteiger partial charge is 0.338 e. The van der Waals surface area contributed by atoms with Crippen molar-refractivity contribution in [1.29, 1.82) is 0 Å². The topological polar surface area (TPSA) is 52.6 Å². The highest BCUT2D eigenvalue weighted by Gasteiger charge is 2.08. The number of rotatable bonds is 10. The molecule has 2 rings (SSSR count). The lowest BCUT2D eigenvalue weighted by molar-refractivity contribution is 0.0478. The Morgan fingerprint density at radius 3 is 1.33 bits per heavy atom. The molecule has 0 aliphatic rings. The van der Waals surface area contributed by atoms with Crippen LogP contribution in [0.1, 0.15) is 65.0 Å². The summed E-state index contributed by atoms with van der Waals surface area (Å²) < 4.78 is 10.5. The van der Waals surface area contributed by atoms with E-state index in [1.54, 1.807) is 24.3 Å². The highest BCUT2D eigenvalue weighted by atomic mass is 16.5. The summed E-state index contributed by atoms with van der Waals surface area (Å²) in [5.41, 5.74) is 3.55. The monoisotopic (exact) mass is 368 g/mol. The van der Waals surface area contributed by atoms with Crippen LogP contribution < -0.4 is 0 Å². The molecule has 2 aromatic rings. The summed E-state index contributed by atoms with van der Waals surface area (Å²) in [6.07, 6.45) is 4.24. The Bertz CT molecular complexity index is 654. The van der Waals surface area contributed by atoms with Gasteiger partial charge in [0.05, 0.1) is 24.3 Å². The molecular weight excluding hydrogens is 340 g/mol. The molecule has 144 valence electrons. The van der Waals surface area contributed by atoms with E-state index in [1.165, 1.54) is 11.1 Å². The van der Waals surface area contributed by atoms with Gasteiger partial charge in [0.15, 0.2) is 0 Å². The van der Waals surface area contributed by atoms with E-state index in [-0.39, 0.29) is 11.9 Å². The van der Waals surface area contributed by atoms with Gasteiger partial charge in [0.25, 0.3) is 0 Å². The maximum absolute atomic E-state index is 11.9. The first-order chi connectivity index (χ1) is 13.1. The molecule has 0 saturated heterocycles. The van der Waals surface area contributed by atoms with Gasteiger partial charge in [-0.2, -0.15) is 0 Å². The molecule has 0 saturated carbocycles. The highest BCUT2D eigenvalue weighted by molar-refractivity contribution is 5.89. The fourth-order valence-electron chi connectivity index (χ4n) is 2.63. The Kier molecular flexibility index (Phi) is 8.56. The molecule has 2 aromatic carbocycles. The van der Waals surface area contributed by atoms with E-state index >= 15 is 0 Å². The SMILES string of the molecule is CCc1ccc(C(=O)OCCCCCOC(=O)c2ccc(CC)cc2)cc1. The first-order valence-corrected chi connectivity index (χ1v) is 9.66. The fraction of sp³-hybridized carbons (Fsp3) is 0.391. The summed E-state index contributed by atoms with van der Waals surface area (Å²) >= 11 is 0. The maximum atomic E-state index is 11.9. The van der Waals surface area contributed by atoms with Gasteiger partial charge in [-0.3, -0.25) is 0 Å². The number of hydrogen-bond acceptors (Lipinski definition) is 4. The van der Waals surface area contributed by atoms with E-state index in [0.29, 0.717) is 24.3 Å². The van der Waals surface area contributed by atoms with E-state index in [9.17, 15) is 9.59 Å². The van der Waals surface area contributed by atoms with Crippen molar-refractivity contribution >= 4 is 11.9 Å². The second-order valence-electron chi connectivity index (χ2n) is 6.43. The molecule has 27 heavy (non-hydrogen) atoms. The number of carbonyl (C=O) groups is 2. The lowest BCUT2D eigenvalue weighted by atomic mass is 10.1. The Morgan fingerprint density at radius 2 is 1.00 bits per heavy atom. The average molecular weight is 368 g/mol. The molecule has 0 N–H and O–H groups in total. The van der Waals surface area contributed by atoms with Crippen LogP contribution in [-0.2, 0) is 22.3 Å². The second-order valence-corrected chi connectivity index (χ2v) is 6.43. The van der Waals surface area contributed by atoms with Crippen molar-refractivity contribution in [3.8, 4) is 0 Å². The molecule has 0 amide bonds. The lowest BCUT2D eigenvalue weighted by Crippen LogP contribution is -2.08. The van der Waals surface area contributed by atoms with Crippen LogP contribution in [0.5, 0.6) is 0 Å². The van der Waals surface area contributed by atoms with Gasteiger partial charge in [0, 0.05) is 0 Å². The van der Waals surface area contributed by atoms with Crippen molar-refractivity contribution in [2.24, 2.45) is 0 Å². The van der Waals surface area contributed by atoms with Crippen LogP contribution in [0.25, 0.3) is 0 Å². The Morgan fingerprint density at radius 1 is 0.630 bits per heavy atom. The third kappa shape index (κ3) is 6.89. The molecule has 0 bridgehead atoms. The van der Waals surface area contributed by atoms with E-state index in [4.69, 9.17) is 9.47 Å². The lowest BCUT2D eigenvalue weighted by Gasteiger charge is -2.07. The predicted molar refractivity (Wildman–Crippen MR) is 106 cm³/mol. The van der Waals surface area contributed by atoms with Gasteiger partial charge >= 0.3 is 11.9 Å². The first kappa shape index (κ1) is 20.7. The van der Waals surface area contributed by atoms with Gasteiger partial charge in [-0.25, -0.2) is 9.59 Å². The van der Waals surface area contributed by atoms with Gasteiger partial charge in [0.1, 0.15) is 0 Å². The summed E-state index contributed by atoms with van der Waals surface area (Å²) in [6.45, 7) is 4.90. The molecule has 0 spiro atoms. The number of ether oxygens (including phenoxy) is 2. The highest BCUT2D eigenvalue weighted by Crippen LogP contribution is 2.09. The summed E-state index contributed by atoms with van der Waals surface area (Å²) in [5.74, 6) is -0.584. The summed E-state index contributed by atoms with van der Waals surface area (Å²) in [7, 11) is 0. The minimum atomic E-state index is -0.292. The van der Waals surface area contributed by atoms with Gasteiger partial charge in [-0.05, 0) is 67.5 Å². The molecule has 0 heterocycles. The Labute approximate surface area is 161 Å². The van der Waals surface area contributed by atoms with Crippen LogP contribution >= 0.6 is 0 Å². The second kappa shape index (κ2) is 11.2. The standard InChI is InChI=1S/C23H28O4/c1-3-18-8-12-20(13-9-18)22(24)26-16-6-5-7-17-27-23(25)21-14-10-19(4-2)11-15-21/h8-15H,3-7,16-17H2,1-2H3. The summed E-state index contributed by atoms with van der Waals surface area (Å²) in [5, 5.41) is 0. The zero-order chi connectivity index (χ0) is 19.5. The number of benzene rings is 2. The normalized spacial score (nSPS) is 10.4. The number of aryl methyl sites for hydroxylation is 2. The third-order valence-electron chi connectivity index (χ3n) is 4.45. The van der Waals surface area contributed by atoms with Crippen LogP contribution in [-0.4, -0.2) is 25.2 Å². The molecule has 0 aliphatic carbocycles. The summed E-state index contributed by atoms with van der Waals surface area (Å²) in [6, 6.07) is 15.0.